The Morgan fingerprint density at radius 1 is 1.15 bits per heavy atom. The highest BCUT2D eigenvalue weighted by molar-refractivity contribution is 5.92. The molecule has 5 heteroatoms. The molecule has 4 N–H and O–H groups in total. The van der Waals surface area contributed by atoms with Crippen LogP contribution in [0.1, 0.15) is 28.5 Å². The van der Waals surface area contributed by atoms with Crippen molar-refractivity contribution >= 4 is 11.7 Å². The first kappa shape index (κ1) is 14.0. The number of nitrogens with two attached hydrogens (primary N) is 1. The highest BCUT2D eigenvalue weighted by atomic mass is 16.1. The maximum absolute atomic E-state index is 12.0. The lowest BCUT2D eigenvalue weighted by Gasteiger charge is -2.07. The van der Waals surface area contributed by atoms with E-state index in [-0.39, 0.29) is 5.91 Å². The van der Waals surface area contributed by atoms with Gasteiger partial charge >= 0.3 is 0 Å². The summed E-state index contributed by atoms with van der Waals surface area (Å²) in [6.45, 7) is 2.59. The van der Waals surface area contributed by atoms with Crippen molar-refractivity contribution in [3.8, 4) is 0 Å². The van der Waals surface area contributed by atoms with Gasteiger partial charge in [-0.15, -0.1) is 0 Å². The second kappa shape index (κ2) is 6.68. The molecular weight excluding hydrogens is 252 g/mol. The summed E-state index contributed by atoms with van der Waals surface area (Å²) in [5, 5.41) is 2.83. The molecule has 1 aromatic carbocycles. The van der Waals surface area contributed by atoms with Crippen LogP contribution in [-0.2, 0) is 13.0 Å². The standard InChI is InChI=1S/C15H18N4O/c1-2-11-6-8-12(9-7-11)10-17-15(20)13-4-3-5-14(18-13)19-16/h3-9H,2,10,16H2,1H3,(H,17,20)(H,18,19). The molecule has 0 bridgehead atoms. The van der Waals surface area contributed by atoms with E-state index in [1.807, 2.05) is 12.1 Å². The van der Waals surface area contributed by atoms with Gasteiger partial charge in [-0.1, -0.05) is 37.3 Å². The van der Waals surface area contributed by atoms with E-state index in [1.54, 1.807) is 18.2 Å². The summed E-state index contributed by atoms with van der Waals surface area (Å²) in [5.74, 6) is 5.51. The minimum Gasteiger partial charge on any atom is -0.347 e. The van der Waals surface area contributed by atoms with Crippen molar-refractivity contribution in [1.29, 1.82) is 0 Å². The van der Waals surface area contributed by atoms with Crippen LogP contribution in [0, 0.1) is 0 Å². The van der Waals surface area contributed by atoms with Gasteiger partial charge in [-0.05, 0) is 29.7 Å². The molecule has 2 rings (SSSR count). The Morgan fingerprint density at radius 2 is 1.85 bits per heavy atom. The zero-order valence-corrected chi connectivity index (χ0v) is 11.4. The lowest BCUT2D eigenvalue weighted by Crippen LogP contribution is -2.24. The van der Waals surface area contributed by atoms with E-state index in [1.165, 1.54) is 5.56 Å². The van der Waals surface area contributed by atoms with Crippen LogP contribution in [0.5, 0.6) is 0 Å². The van der Waals surface area contributed by atoms with Gasteiger partial charge in [0, 0.05) is 6.54 Å². The lowest BCUT2D eigenvalue weighted by atomic mass is 10.1. The Morgan fingerprint density at radius 3 is 2.50 bits per heavy atom. The van der Waals surface area contributed by atoms with E-state index in [2.05, 4.69) is 34.8 Å². The molecule has 0 saturated carbocycles. The number of hydrogen-bond donors (Lipinski definition) is 3. The number of anilines is 1. The topological polar surface area (TPSA) is 80.0 Å². The minimum absolute atomic E-state index is 0.221. The molecule has 0 aliphatic heterocycles. The largest absolute Gasteiger partial charge is 0.347 e. The van der Waals surface area contributed by atoms with Crippen molar-refractivity contribution in [3.63, 3.8) is 0 Å². The van der Waals surface area contributed by atoms with E-state index < -0.39 is 0 Å². The van der Waals surface area contributed by atoms with Gasteiger partial charge in [0.05, 0.1) is 0 Å². The highest BCUT2D eigenvalue weighted by Crippen LogP contribution is 2.06. The Kier molecular flexibility index (Phi) is 4.68. The third kappa shape index (κ3) is 3.55. The molecule has 0 aliphatic rings. The Hall–Kier alpha value is -2.40. The van der Waals surface area contributed by atoms with Crippen LogP contribution in [-0.4, -0.2) is 10.9 Å². The third-order valence-electron chi connectivity index (χ3n) is 3.01. The Balaban J connectivity index is 1.97. The molecule has 0 saturated heterocycles. The van der Waals surface area contributed by atoms with Gasteiger partial charge in [-0.25, -0.2) is 10.8 Å². The minimum atomic E-state index is -0.221. The molecule has 0 unspecified atom stereocenters. The molecule has 20 heavy (non-hydrogen) atoms. The van der Waals surface area contributed by atoms with Crippen molar-refractivity contribution in [2.75, 3.05) is 5.43 Å². The molecule has 0 atom stereocenters. The van der Waals surface area contributed by atoms with E-state index in [0.29, 0.717) is 18.1 Å². The number of hydrazine groups is 1. The zero-order chi connectivity index (χ0) is 14.4. The molecule has 0 spiro atoms. The van der Waals surface area contributed by atoms with Crippen LogP contribution in [0.3, 0.4) is 0 Å². The lowest BCUT2D eigenvalue weighted by molar-refractivity contribution is 0.0946. The first-order valence-electron chi connectivity index (χ1n) is 6.52. The van der Waals surface area contributed by atoms with E-state index in [0.717, 1.165) is 12.0 Å². The molecule has 104 valence electrons. The molecule has 0 aliphatic carbocycles. The summed E-state index contributed by atoms with van der Waals surface area (Å²) in [7, 11) is 0. The van der Waals surface area contributed by atoms with Crippen molar-refractivity contribution < 1.29 is 4.79 Å². The maximum Gasteiger partial charge on any atom is 0.270 e. The number of carbonyl (C=O) groups excluding carboxylic acids is 1. The third-order valence-corrected chi connectivity index (χ3v) is 3.01. The van der Waals surface area contributed by atoms with Crippen LogP contribution in [0.2, 0.25) is 0 Å². The number of nitrogens with zero attached hydrogens (tertiary/aromatic N) is 1. The van der Waals surface area contributed by atoms with Gasteiger partial charge in [0.1, 0.15) is 11.5 Å². The average molecular weight is 270 g/mol. The summed E-state index contributed by atoms with van der Waals surface area (Å²) in [6, 6.07) is 13.2. The van der Waals surface area contributed by atoms with Gasteiger partial charge in [-0.2, -0.15) is 0 Å². The molecule has 2 aromatic rings. The van der Waals surface area contributed by atoms with Crippen LogP contribution < -0.4 is 16.6 Å². The predicted molar refractivity (Wildman–Crippen MR) is 79.0 cm³/mol. The van der Waals surface area contributed by atoms with E-state index in [4.69, 9.17) is 5.84 Å². The quantitative estimate of drug-likeness (QED) is 0.572. The number of amides is 1. The highest BCUT2D eigenvalue weighted by Gasteiger charge is 2.07. The summed E-state index contributed by atoms with van der Waals surface area (Å²) in [6.07, 6.45) is 1.01. The number of carbonyl (C=O) groups is 1. The molecule has 1 aromatic heterocycles. The summed E-state index contributed by atoms with van der Waals surface area (Å²) >= 11 is 0. The van der Waals surface area contributed by atoms with E-state index >= 15 is 0 Å². The fourth-order valence-electron chi connectivity index (χ4n) is 1.81. The molecule has 0 radical (unpaired) electrons. The summed E-state index contributed by atoms with van der Waals surface area (Å²) < 4.78 is 0. The SMILES string of the molecule is CCc1ccc(CNC(=O)c2cccc(NN)n2)cc1. The van der Waals surface area contributed by atoms with Crippen LogP contribution in [0.4, 0.5) is 5.82 Å². The number of rotatable bonds is 5. The first-order chi connectivity index (χ1) is 9.72. The summed E-state index contributed by atoms with van der Waals surface area (Å²) in [4.78, 5) is 16.0. The van der Waals surface area contributed by atoms with Gasteiger partial charge in [0.15, 0.2) is 0 Å². The number of nitrogens with one attached hydrogen (secondary N) is 2. The molecular formula is C15H18N4O. The number of hydrogen-bond acceptors (Lipinski definition) is 4. The molecule has 0 fully saturated rings. The number of benzene rings is 1. The molecule has 1 heterocycles. The van der Waals surface area contributed by atoms with Gasteiger partial charge in [0.2, 0.25) is 0 Å². The zero-order valence-electron chi connectivity index (χ0n) is 11.4. The predicted octanol–water partition coefficient (Wildman–Crippen LogP) is 1.86. The van der Waals surface area contributed by atoms with Crippen LogP contribution >= 0.6 is 0 Å². The van der Waals surface area contributed by atoms with Crippen LogP contribution in [0.15, 0.2) is 42.5 Å². The normalized spacial score (nSPS) is 10.1. The number of pyridine rings is 1. The van der Waals surface area contributed by atoms with Crippen molar-refractivity contribution in [2.24, 2.45) is 5.84 Å². The van der Waals surface area contributed by atoms with Crippen molar-refractivity contribution in [2.45, 2.75) is 19.9 Å². The number of aryl methyl sites for hydroxylation is 1. The fraction of sp³-hybridized carbons (Fsp3) is 0.200. The molecule has 1 amide bonds. The Labute approximate surface area is 118 Å². The first-order valence-corrected chi connectivity index (χ1v) is 6.52. The Bertz CT molecular complexity index is 581. The van der Waals surface area contributed by atoms with E-state index in [9.17, 15) is 4.79 Å². The average Bonchev–Trinajstić information content (AvgIpc) is 2.53. The smallest absolute Gasteiger partial charge is 0.270 e. The van der Waals surface area contributed by atoms with Crippen LogP contribution in [0.25, 0.3) is 0 Å². The number of aromatic nitrogens is 1. The van der Waals surface area contributed by atoms with Gasteiger partial charge in [0.25, 0.3) is 5.91 Å². The number of nitrogen functional groups attached to an aromatic ring is 1. The van der Waals surface area contributed by atoms with Gasteiger partial charge < -0.3 is 10.7 Å². The monoisotopic (exact) mass is 270 g/mol. The van der Waals surface area contributed by atoms with Gasteiger partial charge in [-0.3, -0.25) is 4.79 Å². The fourth-order valence-corrected chi connectivity index (χ4v) is 1.81. The van der Waals surface area contributed by atoms with Crippen molar-refractivity contribution in [3.05, 3.63) is 59.3 Å². The second-order valence-electron chi connectivity index (χ2n) is 4.41. The maximum atomic E-state index is 12.0. The summed E-state index contributed by atoms with van der Waals surface area (Å²) in [5.41, 5.74) is 5.10. The second-order valence-corrected chi connectivity index (χ2v) is 4.41. The molecule has 5 nitrogen and oxygen atoms in total. The van der Waals surface area contributed by atoms with Crippen molar-refractivity contribution in [1.82, 2.24) is 10.3 Å².